The molecule has 18 heavy (non-hydrogen) atoms. The second-order valence-corrected chi connectivity index (χ2v) is 4.55. The lowest BCUT2D eigenvalue weighted by molar-refractivity contribution is -0.154. The van der Waals surface area contributed by atoms with Gasteiger partial charge in [-0.05, 0) is 37.5 Å². The van der Waals surface area contributed by atoms with E-state index in [1.807, 2.05) is 12.0 Å². The molecule has 2 nitrogen and oxygen atoms in total. The molecule has 0 aliphatic heterocycles. The van der Waals surface area contributed by atoms with Gasteiger partial charge >= 0.3 is 0 Å². The van der Waals surface area contributed by atoms with Gasteiger partial charge in [0.2, 0.25) is 0 Å². The van der Waals surface area contributed by atoms with Crippen LogP contribution in [0.25, 0.3) is 0 Å². The Bertz CT molecular complexity index is 390. The van der Waals surface area contributed by atoms with Crippen molar-refractivity contribution >= 4 is 12.4 Å². The maximum atomic E-state index is 5.69. The van der Waals surface area contributed by atoms with Gasteiger partial charge in [-0.25, -0.2) is 0 Å². The first-order valence-corrected chi connectivity index (χ1v) is 6.12. The number of aryl methyl sites for hydroxylation is 1. The van der Waals surface area contributed by atoms with Crippen molar-refractivity contribution in [3.8, 4) is 0 Å². The maximum absolute atomic E-state index is 5.69. The van der Waals surface area contributed by atoms with Crippen LogP contribution in [0, 0.1) is 13.8 Å². The Morgan fingerprint density at radius 1 is 1.33 bits per heavy atom. The molecule has 0 aliphatic rings. The number of rotatable bonds is 6. The molecule has 1 aromatic rings. The summed E-state index contributed by atoms with van der Waals surface area (Å²) in [6.07, 6.45) is 0. The second kappa shape index (κ2) is 8.30. The number of halogens is 1. The molecule has 0 amide bonds. The lowest BCUT2D eigenvalue weighted by atomic mass is 10.0. The smallest absolute Gasteiger partial charge is 0.0890 e. The quantitative estimate of drug-likeness (QED) is 0.571. The van der Waals surface area contributed by atoms with Gasteiger partial charge in [-0.3, -0.25) is 4.84 Å². The molecular weight excluding hydrogens is 246 g/mol. The summed E-state index contributed by atoms with van der Waals surface area (Å²) in [5, 5.41) is 1.98. The van der Waals surface area contributed by atoms with Crippen LogP contribution in [0.2, 0.25) is 0 Å². The topological polar surface area (TPSA) is 12.5 Å². The van der Waals surface area contributed by atoms with E-state index in [2.05, 4.69) is 45.5 Å². The van der Waals surface area contributed by atoms with E-state index in [0.717, 1.165) is 18.7 Å². The predicted octanol–water partition coefficient (Wildman–Crippen LogP) is 4.05. The molecule has 102 valence electrons. The second-order valence-electron chi connectivity index (χ2n) is 4.55. The summed E-state index contributed by atoms with van der Waals surface area (Å²) in [5.74, 6) is 0. The van der Waals surface area contributed by atoms with Crippen LogP contribution < -0.4 is 0 Å². The van der Waals surface area contributed by atoms with Crippen molar-refractivity contribution in [1.29, 1.82) is 0 Å². The van der Waals surface area contributed by atoms with Crippen molar-refractivity contribution in [3.05, 3.63) is 47.0 Å². The number of hydrogen-bond donors (Lipinski definition) is 0. The highest BCUT2D eigenvalue weighted by molar-refractivity contribution is 5.85. The van der Waals surface area contributed by atoms with Gasteiger partial charge in [0.15, 0.2) is 0 Å². The van der Waals surface area contributed by atoms with Crippen LogP contribution >= 0.6 is 12.4 Å². The Balaban J connectivity index is 0.00000289. The molecule has 1 aromatic carbocycles. The summed E-state index contributed by atoms with van der Waals surface area (Å²) in [4.78, 5) is 5.69. The lowest BCUT2D eigenvalue weighted by Crippen LogP contribution is -2.24. The normalized spacial score (nSPS) is 10.3. The summed E-state index contributed by atoms with van der Waals surface area (Å²) in [6.45, 7) is 14.5. The van der Waals surface area contributed by atoms with Crippen molar-refractivity contribution in [1.82, 2.24) is 5.06 Å². The SMILES string of the molecule is C=C(C)CON(CC)Cc1cccc(C)c1C.Cl. The molecule has 0 radical (unpaired) electrons. The van der Waals surface area contributed by atoms with Crippen LogP contribution in [-0.2, 0) is 11.4 Å². The number of benzene rings is 1. The molecule has 1 rings (SSSR count). The molecule has 0 aromatic heterocycles. The molecule has 0 spiro atoms. The zero-order chi connectivity index (χ0) is 12.8. The van der Waals surface area contributed by atoms with Gasteiger partial charge in [0.05, 0.1) is 6.61 Å². The molecule has 3 heteroatoms. The lowest BCUT2D eigenvalue weighted by Gasteiger charge is -2.21. The van der Waals surface area contributed by atoms with E-state index >= 15 is 0 Å². The average molecular weight is 270 g/mol. The Hall–Kier alpha value is -0.830. The zero-order valence-corrected chi connectivity index (χ0v) is 12.6. The van der Waals surface area contributed by atoms with Gasteiger partial charge < -0.3 is 0 Å². The highest BCUT2D eigenvalue weighted by atomic mass is 35.5. The summed E-state index contributed by atoms with van der Waals surface area (Å²) in [6, 6.07) is 6.41. The van der Waals surface area contributed by atoms with Crippen molar-refractivity contribution in [2.45, 2.75) is 34.2 Å². The highest BCUT2D eigenvalue weighted by Gasteiger charge is 2.07. The van der Waals surface area contributed by atoms with E-state index in [0.29, 0.717) is 6.61 Å². The van der Waals surface area contributed by atoms with Crippen molar-refractivity contribution in [2.75, 3.05) is 13.2 Å². The zero-order valence-electron chi connectivity index (χ0n) is 11.8. The minimum Gasteiger partial charge on any atom is -0.294 e. The minimum atomic E-state index is 0. The Morgan fingerprint density at radius 3 is 2.56 bits per heavy atom. The molecule has 0 N–H and O–H groups in total. The van der Waals surface area contributed by atoms with Crippen molar-refractivity contribution < 1.29 is 4.84 Å². The average Bonchev–Trinajstić information content (AvgIpc) is 2.29. The van der Waals surface area contributed by atoms with E-state index in [9.17, 15) is 0 Å². The molecule has 0 unspecified atom stereocenters. The fourth-order valence-corrected chi connectivity index (χ4v) is 1.62. The molecule has 0 saturated carbocycles. The van der Waals surface area contributed by atoms with Gasteiger partial charge in [0, 0.05) is 13.1 Å². The molecule has 0 aliphatic carbocycles. The first-order valence-electron chi connectivity index (χ1n) is 6.12. The molecule has 0 bridgehead atoms. The summed E-state index contributed by atoms with van der Waals surface area (Å²) in [7, 11) is 0. The number of nitrogens with zero attached hydrogens (tertiary/aromatic N) is 1. The van der Waals surface area contributed by atoms with Gasteiger partial charge in [-0.1, -0.05) is 37.3 Å². The van der Waals surface area contributed by atoms with Gasteiger partial charge in [0.1, 0.15) is 0 Å². The fourth-order valence-electron chi connectivity index (χ4n) is 1.62. The largest absolute Gasteiger partial charge is 0.294 e. The van der Waals surface area contributed by atoms with Gasteiger partial charge in [-0.2, -0.15) is 5.06 Å². The highest BCUT2D eigenvalue weighted by Crippen LogP contribution is 2.15. The van der Waals surface area contributed by atoms with E-state index in [1.165, 1.54) is 16.7 Å². The Labute approximate surface area is 117 Å². The maximum Gasteiger partial charge on any atom is 0.0890 e. The molecule has 0 fully saturated rings. The monoisotopic (exact) mass is 269 g/mol. The first-order chi connectivity index (χ1) is 8.04. The summed E-state index contributed by atoms with van der Waals surface area (Å²) >= 11 is 0. The summed E-state index contributed by atoms with van der Waals surface area (Å²) < 4.78 is 0. The first kappa shape index (κ1) is 17.2. The number of hydrogen-bond acceptors (Lipinski definition) is 2. The minimum absolute atomic E-state index is 0. The van der Waals surface area contributed by atoms with Crippen LogP contribution in [0.1, 0.15) is 30.5 Å². The summed E-state index contributed by atoms with van der Waals surface area (Å²) in [5.41, 5.74) is 5.06. The third-order valence-corrected chi connectivity index (χ3v) is 2.91. The fraction of sp³-hybridized carbons (Fsp3) is 0.467. The Kier molecular flexibility index (Phi) is 7.92. The van der Waals surface area contributed by atoms with E-state index in [-0.39, 0.29) is 12.4 Å². The van der Waals surface area contributed by atoms with Crippen molar-refractivity contribution in [2.24, 2.45) is 0 Å². The van der Waals surface area contributed by atoms with Crippen LogP contribution in [0.3, 0.4) is 0 Å². The Morgan fingerprint density at radius 2 is 2.00 bits per heavy atom. The predicted molar refractivity (Wildman–Crippen MR) is 80.0 cm³/mol. The number of hydroxylamine groups is 2. The molecule has 0 heterocycles. The van der Waals surface area contributed by atoms with E-state index in [4.69, 9.17) is 4.84 Å². The molecule has 0 saturated heterocycles. The van der Waals surface area contributed by atoms with Crippen molar-refractivity contribution in [3.63, 3.8) is 0 Å². The van der Waals surface area contributed by atoms with Crippen LogP contribution in [0.5, 0.6) is 0 Å². The molecular formula is C15H24ClNO. The van der Waals surface area contributed by atoms with Crippen LogP contribution in [-0.4, -0.2) is 18.2 Å². The van der Waals surface area contributed by atoms with Gasteiger partial charge in [-0.15, -0.1) is 12.4 Å². The standard InChI is InChI=1S/C15H23NO.ClH/c1-6-16(17-11-12(2)3)10-15-9-7-8-13(4)14(15)5;/h7-9H,2,6,10-11H2,1,3-5H3;1H. The van der Waals surface area contributed by atoms with Gasteiger partial charge in [0.25, 0.3) is 0 Å². The third kappa shape index (κ3) is 5.21. The van der Waals surface area contributed by atoms with Crippen LogP contribution in [0.15, 0.2) is 30.4 Å². The third-order valence-electron chi connectivity index (χ3n) is 2.91. The van der Waals surface area contributed by atoms with E-state index < -0.39 is 0 Å². The van der Waals surface area contributed by atoms with Crippen LogP contribution in [0.4, 0.5) is 0 Å². The van der Waals surface area contributed by atoms with E-state index in [1.54, 1.807) is 0 Å². The molecule has 0 atom stereocenters.